The molecule has 11 heteroatoms. The topological polar surface area (TPSA) is 96.0 Å². The Labute approximate surface area is 239 Å². The molecule has 0 aliphatic heterocycles. The lowest BCUT2D eigenvalue weighted by Crippen LogP contribution is -2.51. The van der Waals surface area contributed by atoms with Crippen molar-refractivity contribution in [2.24, 2.45) is 5.92 Å². The average molecular weight is 590 g/mol. The van der Waals surface area contributed by atoms with Gasteiger partial charge >= 0.3 is 0 Å². The molecule has 0 unspecified atom stereocenters. The summed E-state index contributed by atoms with van der Waals surface area (Å²) in [5.41, 5.74) is 0.793. The number of anilines is 1. The highest BCUT2D eigenvalue weighted by atomic mass is 35.5. The van der Waals surface area contributed by atoms with E-state index in [9.17, 15) is 22.4 Å². The van der Waals surface area contributed by atoms with Crippen molar-refractivity contribution in [1.82, 2.24) is 10.2 Å². The van der Waals surface area contributed by atoms with E-state index < -0.39 is 34.3 Å². The Hall–Kier alpha value is -3.63. The van der Waals surface area contributed by atoms with E-state index in [2.05, 4.69) is 5.32 Å². The molecule has 0 bridgehead atoms. The van der Waals surface area contributed by atoms with E-state index >= 15 is 0 Å². The molecule has 3 aromatic carbocycles. The number of methoxy groups -OCH3 is 1. The monoisotopic (exact) mass is 589 g/mol. The van der Waals surface area contributed by atoms with E-state index in [4.69, 9.17) is 16.3 Å². The first kappa shape index (κ1) is 30.9. The smallest absolute Gasteiger partial charge is 0.264 e. The lowest BCUT2D eigenvalue weighted by Gasteiger charge is -2.32. The summed E-state index contributed by atoms with van der Waals surface area (Å²) in [6.07, 6.45) is 0. The van der Waals surface area contributed by atoms with Crippen LogP contribution in [0.2, 0.25) is 5.02 Å². The van der Waals surface area contributed by atoms with Crippen LogP contribution in [0.15, 0.2) is 77.7 Å². The molecule has 0 aliphatic rings. The molecule has 1 atom stereocenters. The van der Waals surface area contributed by atoms with Crippen LogP contribution >= 0.6 is 11.6 Å². The molecule has 0 radical (unpaired) electrons. The van der Waals surface area contributed by atoms with Gasteiger partial charge in [0.15, 0.2) is 0 Å². The Morgan fingerprint density at radius 1 is 0.950 bits per heavy atom. The van der Waals surface area contributed by atoms with Gasteiger partial charge in [0.1, 0.15) is 24.2 Å². The van der Waals surface area contributed by atoms with E-state index in [-0.39, 0.29) is 29.0 Å². The van der Waals surface area contributed by atoms with Crippen molar-refractivity contribution >= 4 is 39.1 Å². The molecule has 2 amide bonds. The Morgan fingerprint density at radius 3 is 2.10 bits per heavy atom. The summed E-state index contributed by atoms with van der Waals surface area (Å²) < 4.78 is 47.3. The Balaban J connectivity index is 2.00. The minimum atomic E-state index is -4.23. The van der Waals surface area contributed by atoms with Crippen molar-refractivity contribution in [1.29, 1.82) is 0 Å². The number of carbonyl (C=O) groups excluding carboxylic acids is 2. The fraction of sp³-hybridized carbons (Fsp3) is 0.310. The van der Waals surface area contributed by atoms with Crippen molar-refractivity contribution in [3.05, 3.63) is 89.2 Å². The minimum absolute atomic E-state index is 0.0353. The van der Waals surface area contributed by atoms with Crippen molar-refractivity contribution in [2.45, 2.75) is 38.3 Å². The molecule has 0 aliphatic carbocycles. The fourth-order valence-electron chi connectivity index (χ4n) is 3.83. The summed E-state index contributed by atoms with van der Waals surface area (Å²) in [5.74, 6) is -0.792. The van der Waals surface area contributed by atoms with Crippen molar-refractivity contribution in [2.75, 3.05) is 24.5 Å². The fourth-order valence-corrected chi connectivity index (χ4v) is 5.37. The van der Waals surface area contributed by atoms with E-state index in [0.717, 1.165) is 4.31 Å². The predicted octanol–water partition coefficient (Wildman–Crippen LogP) is 4.87. The van der Waals surface area contributed by atoms with Crippen LogP contribution in [0.3, 0.4) is 0 Å². The van der Waals surface area contributed by atoms with E-state index in [1.54, 1.807) is 6.92 Å². The van der Waals surface area contributed by atoms with Crippen LogP contribution in [0.4, 0.5) is 10.1 Å². The molecular formula is C29H33ClFN3O5S. The summed E-state index contributed by atoms with van der Waals surface area (Å²) in [6.45, 7) is 5.23. The molecule has 0 saturated carbocycles. The molecule has 0 saturated heterocycles. The summed E-state index contributed by atoms with van der Waals surface area (Å²) in [6, 6.07) is 16.5. The van der Waals surface area contributed by atoms with Crippen LogP contribution in [0, 0.1) is 11.7 Å². The number of hydrogen-bond donors (Lipinski definition) is 1. The molecule has 0 spiro atoms. The number of nitrogens with zero attached hydrogens (tertiary/aromatic N) is 2. The van der Waals surface area contributed by atoms with Gasteiger partial charge in [-0.3, -0.25) is 13.9 Å². The maximum atomic E-state index is 13.8. The van der Waals surface area contributed by atoms with E-state index in [1.807, 2.05) is 13.8 Å². The summed E-state index contributed by atoms with van der Waals surface area (Å²) in [4.78, 5) is 28.1. The minimum Gasteiger partial charge on any atom is -0.497 e. The zero-order valence-electron chi connectivity index (χ0n) is 22.8. The number of benzene rings is 3. The zero-order chi connectivity index (χ0) is 29.4. The quantitative estimate of drug-likeness (QED) is 0.325. The predicted molar refractivity (Wildman–Crippen MR) is 153 cm³/mol. The van der Waals surface area contributed by atoms with Crippen LogP contribution in [0.5, 0.6) is 5.75 Å². The normalized spacial score (nSPS) is 12.1. The second kappa shape index (κ2) is 13.6. The number of rotatable bonds is 12. The van der Waals surface area contributed by atoms with E-state index in [0.29, 0.717) is 22.9 Å². The number of halogens is 2. The van der Waals surface area contributed by atoms with Gasteiger partial charge < -0.3 is 15.0 Å². The van der Waals surface area contributed by atoms with Gasteiger partial charge in [-0.1, -0.05) is 37.6 Å². The maximum absolute atomic E-state index is 13.8. The third-order valence-corrected chi connectivity index (χ3v) is 8.20. The van der Waals surface area contributed by atoms with Crippen LogP contribution in [-0.4, -0.2) is 51.4 Å². The third-order valence-electron chi connectivity index (χ3n) is 6.16. The largest absolute Gasteiger partial charge is 0.497 e. The molecule has 1 N–H and O–H groups in total. The van der Waals surface area contributed by atoms with Crippen molar-refractivity contribution < 1.29 is 27.1 Å². The second-order valence-corrected chi connectivity index (χ2v) is 11.9. The molecule has 0 heterocycles. The number of nitrogens with one attached hydrogen (secondary N) is 1. The highest BCUT2D eigenvalue weighted by Gasteiger charge is 2.32. The molecule has 0 fully saturated rings. The first-order valence-electron chi connectivity index (χ1n) is 12.7. The van der Waals surface area contributed by atoms with Gasteiger partial charge in [-0.25, -0.2) is 12.8 Å². The van der Waals surface area contributed by atoms with Crippen LogP contribution in [-0.2, 0) is 26.2 Å². The Bertz CT molecular complexity index is 1400. The number of amides is 2. The van der Waals surface area contributed by atoms with Gasteiger partial charge in [-0.15, -0.1) is 0 Å². The second-order valence-electron chi connectivity index (χ2n) is 9.63. The SMILES string of the molecule is COc1ccc(S(=O)(=O)N(CC(=O)N(Cc2ccc(F)cc2)[C@@H](C)C(=O)NCC(C)C)c2ccc(Cl)cc2)cc1. The molecule has 40 heavy (non-hydrogen) atoms. The average Bonchev–Trinajstić information content (AvgIpc) is 2.94. The number of carbonyl (C=O) groups is 2. The van der Waals surface area contributed by atoms with Gasteiger partial charge in [0.2, 0.25) is 11.8 Å². The summed E-state index contributed by atoms with van der Waals surface area (Å²) >= 11 is 6.04. The zero-order valence-corrected chi connectivity index (χ0v) is 24.4. The maximum Gasteiger partial charge on any atom is 0.264 e. The lowest BCUT2D eigenvalue weighted by molar-refractivity contribution is -0.139. The first-order chi connectivity index (χ1) is 18.9. The third kappa shape index (κ3) is 7.95. The number of sulfonamides is 1. The number of ether oxygens (including phenoxy) is 1. The van der Waals surface area contributed by atoms with Crippen LogP contribution < -0.4 is 14.4 Å². The van der Waals surface area contributed by atoms with Crippen molar-refractivity contribution in [3.8, 4) is 5.75 Å². The van der Waals surface area contributed by atoms with E-state index in [1.165, 1.54) is 84.8 Å². The Kier molecular flexibility index (Phi) is 10.5. The number of hydrogen-bond acceptors (Lipinski definition) is 5. The molecule has 3 aromatic rings. The molecule has 214 valence electrons. The standard InChI is InChI=1S/C29H33ClFN3O5S/c1-20(2)17-32-29(36)21(3)33(18-22-5-9-24(31)10-6-22)28(35)19-34(25-11-7-23(30)8-12-25)40(37,38)27-15-13-26(39-4)14-16-27/h5-16,20-21H,17-19H2,1-4H3,(H,32,36)/t21-/m0/s1. The molecule has 3 rings (SSSR count). The Morgan fingerprint density at radius 2 is 1.55 bits per heavy atom. The summed E-state index contributed by atoms with van der Waals surface area (Å²) in [7, 11) is -2.76. The molecule has 8 nitrogen and oxygen atoms in total. The summed E-state index contributed by atoms with van der Waals surface area (Å²) in [5, 5.41) is 3.21. The highest BCUT2D eigenvalue weighted by molar-refractivity contribution is 7.92. The first-order valence-corrected chi connectivity index (χ1v) is 14.5. The van der Waals surface area contributed by atoms with Crippen LogP contribution in [0.1, 0.15) is 26.3 Å². The van der Waals surface area contributed by atoms with Gasteiger partial charge in [0.05, 0.1) is 17.7 Å². The van der Waals surface area contributed by atoms with Gasteiger partial charge in [0, 0.05) is 18.1 Å². The highest BCUT2D eigenvalue weighted by Crippen LogP contribution is 2.27. The molecular weight excluding hydrogens is 557 g/mol. The van der Waals surface area contributed by atoms with Crippen LogP contribution in [0.25, 0.3) is 0 Å². The van der Waals surface area contributed by atoms with Gasteiger partial charge in [-0.2, -0.15) is 0 Å². The van der Waals surface area contributed by atoms with Crippen molar-refractivity contribution in [3.63, 3.8) is 0 Å². The molecule has 0 aromatic heterocycles. The van der Waals surface area contributed by atoms with Gasteiger partial charge in [0.25, 0.3) is 10.0 Å². The lowest BCUT2D eigenvalue weighted by atomic mass is 10.1. The van der Waals surface area contributed by atoms with Gasteiger partial charge in [-0.05, 0) is 79.1 Å².